The van der Waals surface area contributed by atoms with Gasteiger partial charge in [0.15, 0.2) is 0 Å². The van der Waals surface area contributed by atoms with Crippen molar-refractivity contribution in [2.75, 3.05) is 12.4 Å². The maximum absolute atomic E-state index is 12.2. The first-order valence-corrected chi connectivity index (χ1v) is 7.39. The molecule has 1 aromatic rings. The lowest BCUT2D eigenvalue weighted by molar-refractivity contribution is 0.0901. The Balaban J connectivity index is 2.95. The zero-order chi connectivity index (χ0) is 14.5. The number of hydrogen-bond donors (Lipinski definition) is 2. The SMILES string of the molecule is CCC(CC)(CBr)NC(=O)c1ccc(OC)cc1O. The Hall–Kier alpha value is -1.23. The fourth-order valence-corrected chi connectivity index (χ4v) is 2.72. The predicted octanol–water partition coefficient (Wildman–Crippen LogP) is 3.08. The number of benzene rings is 1. The normalized spacial score (nSPS) is 11.2. The summed E-state index contributed by atoms with van der Waals surface area (Å²) in [5.41, 5.74) is -0.0308. The number of ether oxygens (including phenoxy) is 1. The van der Waals surface area contributed by atoms with Gasteiger partial charge in [-0.15, -0.1) is 0 Å². The van der Waals surface area contributed by atoms with Crippen LogP contribution in [0.25, 0.3) is 0 Å². The summed E-state index contributed by atoms with van der Waals surface area (Å²) in [5.74, 6) is 0.169. The van der Waals surface area contributed by atoms with Crippen molar-refractivity contribution >= 4 is 21.8 Å². The molecule has 0 spiro atoms. The molecule has 0 aliphatic heterocycles. The maximum atomic E-state index is 12.2. The van der Waals surface area contributed by atoms with Gasteiger partial charge in [0.25, 0.3) is 5.91 Å². The number of amides is 1. The second-order valence-electron chi connectivity index (χ2n) is 4.46. The highest BCUT2D eigenvalue weighted by atomic mass is 79.9. The van der Waals surface area contributed by atoms with Crippen LogP contribution in [0.1, 0.15) is 37.0 Å². The summed E-state index contributed by atoms with van der Waals surface area (Å²) < 4.78 is 4.99. The first kappa shape index (κ1) is 15.8. The lowest BCUT2D eigenvalue weighted by Crippen LogP contribution is -2.49. The number of methoxy groups -OCH3 is 1. The number of phenolic OH excluding ortho intramolecular Hbond substituents is 1. The van der Waals surface area contributed by atoms with Crippen LogP contribution in [0.4, 0.5) is 0 Å². The van der Waals surface area contributed by atoms with Crippen molar-refractivity contribution in [3.05, 3.63) is 23.8 Å². The lowest BCUT2D eigenvalue weighted by Gasteiger charge is -2.31. The number of nitrogens with one attached hydrogen (secondary N) is 1. The number of halogens is 1. The Labute approximate surface area is 122 Å². The summed E-state index contributed by atoms with van der Waals surface area (Å²) in [6.07, 6.45) is 1.63. The van der Waals surface area contributed by atoms with E-state index in [0.29, 0.717) is 11.1 Å². The Kier molecular flexibility index (Phi) is 5.66. The third kappa shape index (κ3) is 3.62. The van der Waals surface area contributed by atoms with Crippen LogP contribution in [-0.4, -0.2) is 29.0 Å². The fraction of sp³-hybridized carbons (Fsp3) is 0.500. The molecule has 19 heavy (non-hydrogen) atoms. The van der Waals surface area contributed by atoms with Crippen molar-refractivity contribution in [3.63, 3.8) is 0 Å². The largest absolute Gasteiger partial charge is 0.507 e. The molecule has 0 aliphatic rings. The van der Waals surface area contributed by atoms with Crippen molar-refractivity contribution in [1.82, 2.24) is 5.32 Å². The number of carbonyl (C=O) groups is 1. The van der Waals surface area contributed by atoms with Gasteiger partial charge in [-0.05, 0) is 25.0 Å². The van der Waals surface area contributed by atoms with E-state index in [4.69, 9.17) is 4.74 Å². The number of phenols is 1. The lowest BCUT2D eigenvalue weighted by atomic mass is 9.95. The second kappa shape index (κ2) is 6.80. The van der Waals surface area contributed by atoms with Crippen LogP contribution in [0.2, 0.25) is 0 Å². The summed E-state index contributed by atoms with van der Waals surface area (Å²) >= 11 is 3.44. The van der Waals surface area contributed by atoms with Crippen LogP contribution in [0.3, 0.4) is 0 Å². The average molecular weight is 330 g/mol. The molecule has 106 valence electrons. The molecule has 0 bridgehead atoms. The van der Waals surface area contributed by atoms with Gasteiger partial charge in [-0.3, -0.25) is 4.79 Å². The first-order valence-electron chi connectivity index (χ1n) is 6.27. The minimum absolute atomic E-state index is 0.0764. The summed E-state index contributed by atoms with van der Waals surface area (Å²) in [4.78, 5) is 12.2. The third-order valence-electron chi connectivity index (χ3n) is 3.44. The van der Waals surface area contributed by atoms with Gasteiger partial charge in [-0.2, -0.15) is 0 Å². The molecule has 0 unspecified atom stereocenters. The van der Waals surface area contributed by atoms with Gasteiger partial charge in [0.05, 0.1) is 12.7 Å². The number of aromatic hydroxyl groups is 1. The van der Waals surface area contributed by atoms with Crippen LogP contribution in [-0.2, 0) is 0 Å². The monoisotopic (exact) mass is 329 g/mol. The first-order chi connectivity index (χ1) is 9.01. The molecule has 0 saturated carbocycles. The van der Waals surface area contributed by atoms with E-state index in [-0.39, 0.29) is 22.8 Å². The number of alkyl halides is 1. The highest BCUT2D eigenvalue weighted by molar-refractivity contribution is 9.09. The molecule has 0 heterocycles. The highest BCUT2D eigenvalue weighted by Crippen LogP contribution is 2.25. The molecule has 1 amide bonds. The Morgan fingerprint density at radius 1 is 1.42 bits per heavy atom. The van der Waals surface area contributed by atoms with Crippen molar-refractivity contribution in [1.29, 1.82) is 0 Å². The molecular weight excluding hydrogens is 310 g/mol. The van der Waals surface area contributed by atoms with Crippen LogP contribution < -0.4 is 10.1 Å². The summed E-state index contributed by atoms with van der Waals surface area (Å²) in [5, 5.41) is 13.5. The van der Waals surface area contributed by atoms with Crippen LogP contribution >= 0.6 is 15.9 Å². The number of rotatable bonds is 6. The second-order valence-corrected chi connectivity index (χ2v) is 5.02. The summed E-state index contributed by atoms with van der Waals surface area (Å²) in [6, 6.07) is 4.65. The van der Waals surface area contributed by atoms with Crippen molar-refractivity contribution < 1.29 is 14.6 Å². The van der Waals surface area contributed by atoms with Gasteiger partial charge in [-0.1, -0.05) is 29.8 Å². The third-order valence-corrected chi connectivity index (χ3v) is 4.51. The summed E-state index contributed by atoms with van der Waals surface area (Å²) in [7, 11) is 1.51. The Bertz CT molecular complexity index is 436. The van der Waals surface area contributed by atoms with Gasteiger partial charge in [-0.25, -0.2) is 0 Å². The predicted molar refractivity (Wildman–Crippen MR) is 79.2 cm³/mol. The van der Waals surface area contributed by atoms with Gasteiger partial charge < -0.3 is 15.2 Å². The fourth-order valence-electron chi connectivity index (χ4n) is 1.79. The molecule has 0 aromatic heterocycles. The van der Waals surface area contributed by atoms with Crippen LogP contribution in [0.5, 0.6) is 11.5 Å². The van der Waals surface area contributed by atoms with Gasteiger partial charge in [0, 0.05) is 16.9 Å². The minimum Gasteiger partial charge on any atom is -0.507 e. The van der Waals surface area contributed by atoms with E-state index >= 15 is 0 Å². The highest BCUT2D eigenvalue weighted by Gasteiger charge is 2.28. The van der Waals surface area contributed by atoms with Gasteiger partial charge >= 0.3 is 0 Å². The maximum Gasteiger partial charge on any atom is 0.255 e. The topological polar surface area (TPSA) is 58.6 Å². The Morgan fingerprint density at radius 2 is 2.05 bits per heavy atom. The zero-order valence-corrected chi connectivity index (χ0v) is 13.1. The molecule has 1 aromatic carbocycles. The van der Waals surface area contributed by atoms with E-state index in [2.05, 4.69) is 21.2 Å². The van der Waals surface area contributed by atoms with E-state index in [9.17, 15) is 9.90 Å². The van der Waals surface area contributed by atoms with Crippen molar-refractivity contribution in [3.8, 4) is 11.5 Å². The Morgan fingerprint density at radius 3 is 2.47 bits per heavy atom. The van der Waals surface area contributed by atoms with Gasteiger partial charge in [0.1, 0.15) is 11.5 Å². The summed E-state index contributed by atoms with van der Waals surface area (Å²) in [6.45, 7) is 4.05. The van der Waals surface area contributed by atoms with Gasteiger partial charge in [0.2, 0.25) is 0 Å². The van der Waals surface area contributed by atoms with Crippen molar-refractivity contribution in [2.45, 2.75) is 32.2 Å². The van der Waals surface area contributed by atoms with Crippen LogP contribution in [0.15, 0.2) is 18.2 Å². The van der Waals surface area contributed by atoms with Crippen LogP contribution in [0, 0.1) is 0 Å². The standard InChI is InChI=1S/C14H20BrNO3/c1-4-14(5-2,9-15)16-13(18)11-7-6-10(19-3)8-12(11)17/h6-8,17H,4-5,9H2,1-3H3,(H,16,18). The number of hydrogen-bond acceptors (Lipinski definition) is 3. The van der Waals surface area contributed by atoms with Crippen molar-refractivity contribution in [2.24, 2.45) is 0 Å². The van der Waals surface area contributed by atoms with E-state index < -0.39 is 0 Å². The van der Waals surface area contributed by atoms with E-state index in [1.54, 1.807) is 12.1 Å². The molecule has 4 nitrogen and oxygen atoms in total. The van der Waals surface area contributed by atoms with E-state index in [1.807, 2.05) is 13.8 Å². The molecule has 2 N–H and O–H groups in total. The number of carbonyl (C=O) groups excluding carboxylic acids is 1. The molecule has 5 heteroatoms. The minimum atomic E-state index is -0.288. The zero-order valence-electron chi connectivity index (χ0n) is 11.5. The smallest absolute Gasteiger partial charge is 0.255 e. The molecule has 0 saturated heterocycles. The van der Waals surface area contributed by atoms with E-state index in [0.717, 1.165) is 12.8 Å². The van der Waals surface area contributed by atoms with E-state index in [1.165, 1.54) is 13.2 Å². The molecule has 0 radical (unpaired) electrons. The molecule has 0 fully saturated rings. The molecule has 0 aliphatic carbocycles. The molecular formula is C14H20BrNO3. The molecule has 0 atom stereocenters. The average Bonchev–Trinajstić information content (AvgIpc) is 2.44. The molecule has 1 rings (SSSR count). The quantitative estimate of drug-likeness (QED) is 0.788.